The predicted octanol–water partition coefficient (Wildman–Crippen LogP) is 4.72. The molecule has 0 saturated carbocycles. The highest BCUT2D eigenvalue weighted by Gasteiger charge is 2.33. The van der Waals surface area contributed by atoms with Crippen LogP contribution < -0.4 is 0 Å². The molecule has 2 heteroatoms. The fourth-order valence-corrected chi connectivity index (χ4v) is 1.81. The lowest BCUT2D eigenvalue weighted by molar-refractivity contribution is -0.0439. The van der Waals surface area contributed by atoms with Crippen molar-refractivity contribution >= 4 is 0 Å². The average molecular weight is 240 g/mol. The molecule has 96 valence electrons. The van der Waals surface area contributed by atoms with Gasteiger partial charge < -0.3 is 0 Å². The number of benzene rings is 1. The molecule has 1 rings (SSSR count). The topological polar surface area (TPSA) is 0 Å². The lowest BCUT2D eigenvalue weighted by atomic mass is 9.95. The molecule has 0 N–H and O–H groups in total. The van der Waals surface area contributed by atoms with Gasteiger partial charge in [-0.1, -0.05) is 52.0 Å². The minimum Gasteiger partial charge on any atom is -0.206 e. The van der Waals surface area contributed by atoms with Crippen LogP contribution >= 0.6 is 0 Å². The lowest BCUT2D eigenvalue weighted by Gasteiger charge is -2.20. The van der Waals surface area contributed by atoms with E-state index in [1.165, 1.54) is 0 Å². The Morgan fingerprint density at radius 1 is 1.06 bits per heavy atom. The van der Waals surface area contributed by atoms with E-state index in [0.717, 1.165) is 17.5 Å². The lowest BCUT2D eigenvalue weighted by Crippen LogP contribution is -2.26. The minimum atomic E-state index is -2.61. The predicted molar refractivity (Wildman–Crippen MR) is 68.5 cm³/mol. The molecule has 0 atom stereocenters. The van der Waals surface area contributed by atoms with Gasteiger partial charge in [0.1, 0.15) is 0 Å². The molecule has 1 aromatic carbocycles. The fraction of sp³-hybridized carbons (Fsp3) is 0.600. The molecule has 0 aliphatic carbocycles. The Labute approximate surface area is 103 Å². The average Bonchev–Trinajstić information content (AvgIpc) is 2.15. The van der Waals surface area contributed by atoms with Crippen LogP contribution in [0.2, 0.25) is 0 Å². The molecule has 17 heavy (non-hydrogen) atoms. The van der Waals surface area contributed by atoms with Crippen molar-refractivity contribution in [2.24, 2.45) is 11.8 Å². The van der Waals surface area contributed by atoms with Gasteiger partial charge in [0.2, 0.25) is 0 Å². The molecule has 0 bridgehead atoms. The van der Waals surface area contributed by atoms with Crippen LogP contribution in [-0.2, 0) is 12.8 Å². The maximum Gasteiger partial charge on any atom is 0.254 e. The molecule has 0 amide bonds. The molecular weight excluding hydrogens is 218 g/mol. The van der Waals surface area contributed by atoms with E-state index in [-0.39, 0.29) is 6.42 Å². The van der Waals surface area contributed by atoms with Gasteiger partial charge >= 0.3 is 0 Å². The molecular formula is C15H22F2. The first-order chi connectivity index (χ1) is 7.81. The van der Waals surface area contributed by atoms with Crippen LogP contribution in [0.5, 0.6) is 0 Å². The Morgan fingerprint density at radius 3 is 2.18 bits per heavy atom. The van der Waals surface area contributed by atoms with Crippen molar-refractivity contribution in [3.8, 4) is 0 Å². The van der Waals surface area contributed by atoms with Crippen molar-refractivity contribution in [3.05, 3.63) is 35.4 Å². The molecule has 0 fully saturated rings. The van der Waals surface area contributed by atoms with E-state index in [1.807, 2.05) is 18.2 Å². The SMILES string of the molecule is CC(C)Cc1cccc(CC(F)(F)C(C)C)c1. The van der Waals surface area contributed by atoms with Gasteiger partial charge in [0.05, 0.1) is 0 Å². The Hall–Kier alpha value is -0.920. The summed E-state index contributed by atoms with van der Waals surface area (Å²) in [5, 5.41) is 0. The number of alkyl halides is 2. The van der Waals surface area contributed by atoms with Gasteiger partial charge in [0, 0.05) is 12.3 Å². The molecule has 0 heterocycles. The van der Waals surface area contributed by atoms with E-state index in [1.54, 1.807) is 19.9 Å². The largest absolute Gasteiger partial charge is 0.254 e. The molecule has 0 aromatic heterocycles. The first-order valence-corrected chi connectivity index (χ1v) is 6.27. The Kier molecular flexibility index (Phi) is 4.67. The Morgan fingerprint density at radius 2 is 1.65 bits per heavy atom. The summed E-state index contributed by atoms with van der Waals surface area (Å²) in [6.45, 7) is 7.40. The second-order valence-electron chi connectivity index (χ2n) is 5.51. The third kappa shape index (κ3) is 4.45. The van der Waals surface area contributed by atoms with Crippen LogP contribution in [0.15, 0.2) is 24.3 Å². The smallest absolute Gasteiger partial charge is 0.206 e. The quantitative estimate of drug-likeness (QED) is 0.698. The highest BCUT2D eigenvalue weighted by molar-refractivity contribution is 5.24. The molecule has 0 aliphatic rings. The Balaban J connectivity index is 2.78. The summed E-state index contributed by atoms with van der Waals surface area (Å²) in [6, 6.07) is 7.59. The van der Waals surface area contributed by atoms with Crippen molar-refractivity contribution in [3.63, 3.8) is 0 Å². The van der Waals surface area contributed by atoms with E-state index in [9.17, 15) is 8.78 Å². The van der Waals surface area contributed by atoms with Gasteiger partial charge in [-0.15, -0.1) is 0 Å². The van der Waals surface area contributed by atoms with Crippen LogP contribution in [0.25, 0.3) is 0 Å². The molecule has 0 radical (unpaired) electrons. The van der Waals surface area contributed by atoms with E-state index in [4.69, 9.17) is 0 Å². The third-order valence-electron chi connectivity index (χ3n) is 2.92. The summed E-state index contributed by atoms with van der Waals surface area (Å²) in [5.41, 5.74) is 1.89. The Bertz CT molecular complexity index is 354. The van der Waals surface area contributed by atoms with Gasteiger partial charge in [-0.2, -0.15) is 0 Å². The zero-order valence-corrected chi connectivity index (χ0v) is 11.1. The fourth-order valence-electron chi connectivity index (χ4n) is 1.81. The van der Waals surface area contributed by atoms with Crippen molar-refractivity contribution < 1.29 is 8.78 Å². The molecule has 0 saturated heterocycles. The number of hydrogen-bond donors (Lipinski definition) is 0. The zero-order valence-electron chi connectivity index (χ0n) is 11.1. The summed E-state index contributed by atoms with van der Waals surface area (Å²) in [7, 11) is 0. The number of halogens is 2. The third-order valence-corrected chi connectivity index (χ3v) is 2.92. The molecule has 0 nitrogen and oxygen atoms in total. The highest BCUT2D eigenvalue weighted by Crippen LogP contribution is 2.28. The summed E-state index contributed by atoms with van der Waals surface area (Å²) in [6.07, 6.45) is 0.789. The standard InChI is InChI=1S/C15H22F2/c1-11(2)8-13-6-5-7-14(9-13)10-15(16,17)12(3)4/h5-7,9,11-12H,8,10H2,1-4H3. The summed E-state index contributed by atoms with van der Waals surface area (Å²) in [4.78, 5) is 0. The zero-order chi connectivity index (χ0) is 13.1. The molecule has 1 aromatic rings. The number of rotatable bonds is 5. The van der Waals surface area contributed by atoms with E-state index in [0.29, 0.717) is 5.92 Å². The van der Waals surface area contributed by atoms with Crippen LogP contribution in [0.1, 0.15) is 38.8 Å². The van der Waals surface area contributed by atoms with Crippen LogP contribution in [0.4, 0.5) is 8.78 Å². The maximum absolute atomic E-state index is 13.6. The van der Waals surface area contributed by atoms with Crippen molar-refractivity contribution in [1.82, 2.24) is 0 Å². The van der Waals surface area contributed by atoms with Crippen LogP contribution in [0, 0.1) is 11.8 Å². The van der Waals surface area contributed by atoms with Gasteiger partial charge in [-0.25, -0.2) is 8.78 Å². The summed E-state index contributed by atoms with van der Waals surface area (Å²) >= 11 is 0. The van der Waals surface area contributed by atoms with Crippen molar-refractivity contribution in [2.75, 3.05) is 0 Å². The van der Waals surface area contributed by atoms with Gasteiger partial charge in [-0.05, 0) is 23.5 Å². The van der Waals surface area contributed by atoms with E-state index < -0.39 is 11.8 Å². The van der Waals surface area contributed by atoms with E-state index in [2.05, 4.69) is 13.8 Å². The van der Waals surface area contributed by atoms with Crippen LogP contribution in [-0.4, -0.2) is 5.92 Å². The summed E-state index contributed by atoms with van der Waals surface area (Å²) < 4.78 is 27.3. The first-order valence-electron chi connectivity index (χ1n) is 6.27. The van der Waals surface area contributed by atoms with Gasteiger partial charge in [0.15, 0.2) is 0 Å². The molecule has 0 unspecified atom stereocenters. The second kappa shape index (κ2) is 5.61. The maximum atomic E-state index is 13.6. The van der Waals surface area contributed by atoms with Gasteiger partial charge in [0.25, 0.3) is 5.92 Å². The molecule has 0 spiro atoms. The summed E-state index contributed by atoms with van der Waals surface area (Å²) in [5.74, 6) is -2.68. The normalized spacial score (nSPS) is 12.5. The van der Waals surface area contributed by atoms with Gasteiger partial charge in [-0.3, -0.25) is 0 Å². The van der Waals surface area contributed by atoms with Crippen molar-refractivity contribution in [2.45, 2.75) is 46.5 Å². The molecule has 0 aliphatic heterocycles. The first kappa shape index (κ1) is 14.1. The minimum absolute atomic E-state index is 0.156. The second-order valence-corrected chi connectivity index (χ2v) is 5.51. The number of hydrogen-bond acceptors (Lipinski definition) is 0. The monoisotopic (exact) mass is 240 g/mol. The van der Waals surface area contributed by atoms with Crippen LogP contribution in [0.3, 0.4) is 0 Å². The van der Waals surface area contributed by atoms with E-state index >= 15 is 0 Å². The van der Waals surface area contributed by atoms with Crippen molar-refractivity contribution in [1.29, 1.82) is 0 Å². The highest BCUT2D eigenvalue weighted by atomic mass is 19.3.